The van der Waals surface area contributed by atoms with Crippen LogP contribution in [0.5, 0.6) is 0 Å². The molecule has 1 spiro atoms. The maximum atomic E-state index is 13.5. The van der Waals surface area contributed by atoms with Gasteiger partial charge < -0.3 is 10.2 Å². The van der Waals surface area contributed by atoms with Crippen molar-refractivity contribution in [1.82, 2.24) is 10.2 Å². The van der Waals surface area contributed by atoms with Crippen molar-refractivity contribution in [3.8, 4) is 0 Å². The molecule has 2 fully saturated rings. The second-order valence-corrected chi connectivity index (χ2v) is 5.80. The molecule has 0 aromatic heterocycles. The maximum absolute atomic E-state index is 13.5. The molecule has 3 nitrogen and oxygen atoms in total. The number of nitrogens with zero attached hydrogens (tertiary/aromatic N) is 1. The van der Waals surface area contributed by atoms with Crippen molar-refractivity contribution >= 4 is 5.91 Å². The standard InChI is InChI=1S/C15H19FN2O/c16-13-5-2-1-4-12(13)8-14(19)18-10-15(11-18)6-3-7-17-9-15/h1-2,4-5,17H,3,6-11H2. The lowest BCUT2D eigenvalue weighted by Crippen LogP contribution is -2.63. The van der Waals surface area contributed by atoms with Crippen molar-refractivity contribution in [2.24, 2.45) is 5.41 Å². The second-order valence-electron chi connectivity index (χ2n) is 5.80. The van der Waals surface area contributed by atoms with E-state index in [0.29, 0.717) is 11.0 Å². The van der Waals surface area contributed by atoms with Crippen molar-refractivity contribution in [2.75, 3.05) is 26.2 Å². The van der Waals surface area contributed by atoms with Gasteiger partial charge in [-0.25, -0.2) is 4.39 Å². The van der Waals surface area contributed by atoms with E-state index < -0.39 is 0 Å². The van der Waals surface area contributed by atoms with Crippen molar-refractivity contribution in [1.29, 1.82) is 0 Å². The average Bonchev–Trinajstić information content (AvgIpc) is 2.39. The van der Waals surface area contributed by atoms with Crippen LogP contribution in [0.4, 0.5) is 4.39 Å². The first-order chi connectivity index (χ1) is 9.19. The summed E-state index contributed by atoms with van der Waals surface area (Å²) < 4.78 is 13.5. The molecule has 1 amide bonds. The first kappa shape index (κ1) is 12.6. The van der Waals surface area contributed by atoms with Crippen LogP contribution in [0.15, 0.2) is 24.3 Å². The normalized spacial score (nSPS) is 21.2. The van der Waals surface area contributed by atoms with Crippen molar-refractivity contribution in [3.63, 3.8) is 0 Å². The summed E-state index contributed by atoms with van der Waals surface area (Å²) in [5.41, 5.74) is 0.790. The smallest absolute Gasteiger partial charge is 0.227 e. The summed E-state index contributed by atoms with van der Waals surface area (Å²) in [5.74, 6) is -0.244. The summed E-state index contributed by atoms with van der Waals surface area (Å²) in [7, 11) is 0. The van der Waals surface area contributed by atoms with Crippen LogP contribution in [-0.2, 0) is 11.2 Å². The van der Waals surface area contributed by atoms with Gasteiger partial charge in [-0.2, -0.15) is 0 Å². The van der Waals surface area contributed by atoms with Crippen LogP contribution in [-0.4, -0.2) is 37.0 Å². The highest BCUT2D eigenvalue weighted by Crippen LogP contribution is 2.36. The van der Waals surface area contributed by atoms with Gasteiger partial charge in [-0.1, -0.05) is 18.2 Å². The minimum absolute atomic E-state index is 0.0429. The zero-order valence-electron chi connectivity index (χ0n) is 11.0. The number of halogens is 1. The zero-order chi connectivity index (χ0) is 13.3. The van der Waals surface area contributed by atoms with E-state index in [1.54, 1.807) is 18.2 Å². The summed E-state index contributed by atoms with van der Waals surface area (Å²) in [6, 6.07) is 6.51. The molecule has 0 saturated carbocycles. The molecule has 2 saturated heterocycles. The van der Waals surface area contributed by atoms with Crippen LogP contribution in [0.1, 0.15) is 18.4 Å². The Morgan fingerprint density at radius 2 is 2.16 bits per heavy atom. The van der Waals surface area contributed by atoms with Gasteiger partial charge in [0.25, 0.3) is 0 Å². The number of hydrogen-bond acceptors (Lipinski definition) is 2. The summed E-state index contributed by atoms with van der Waals surface area (Å²) in [6.07, 6.45) is 2.56. The molecule has 102 valence electrons. The summed E-state index contributed by atoms with van der Waals surface area (Å²) in [6.45, 7) is 3.75. The first-order valence-electron chi connectivity index (χ1n) is 6.90. The van der Waals surface area contributed by atoms with Gasteiger partial charge in [0, 0.05) is 25.0 Å². The van der Waals surface area contributed by atoms with Crippen molar-refractivity contribution in [3.05, 3.63) is 35.6 Å². The summed E-state index contributed by atoms with van der Waals surface area (Å²) in [4.78, 5) is 14.0. The molecule has 0 atom stereocenters. The fraction of sp³-hybridized carbons (Fsp3) is 0.533. The third-order valence-electron chi connectivity index (χ3n) is 4.27. The van der Waals surface area contributed by atoms with Crippen LogP contribution in [0, 0.1) is 11.2 Å². The Morgan fingerprint density at radius 3 is 2.84 bits per heavy atom. The summed E-state index contributed by atoms with van der Waals surface area (Å²) >= 11 is 0. The molecule has 4 heteroatoms. The fourth-order valence-electron chi connectivity index (χ4n) is 3.16. The Kier molecular flexibility index (Phi) is 3.27. The van der Waals surface area contributed by atoms with E-state index in [0.717, 1.165) is 26.2 Å². The molecule has 0 unspecified atom stereocenters. The van der Waals surface area contributed by atoms with Crippen molar-refractivity contribution < 1.29 is 9.18 Å². The average molecular weight is 262 g/mol. The monoisotopic (exact) mass is 262 g/mol. The molecule has 2 aliphatic heterocycles. The van der Waals surface area contributed by atoms with Gasteiger partial charge in [-0.05, 0) is 31.0 Å². The third kappa shape index (κ3) is 2.50. The fourth-order valence-corrected chi connectivity index (χ4v) is 3.16. The highest BCUT2D eigenvalue weighted by atomic mass is 19.1. The van der Waals surface area contributed by atoms with Gasteiger partial charge in [0.15, 0.2) is 0 Å². The van der Waals surface area contributed by atoms with E-state index in [1.165, 1.54) is 18.9 Å². The molecule has 0 bridgehead atoms. The summed E-state index contributed by atoms with van der Waals surface area (Å²) in [5, 5.41) is 3.40. The highest BCUT2D eigenvalue weighted by Gasteiger charge is 2.45. The number of nitrogens with one attached hydrogen (secondary N) is 1. The Hall–Kier alpha value is -1.42. The molecule has 2 heterocycles. The number of benzene rings is 1. The van der Waals surface area contributed by atoms with Gasteiger partial charge in [-0.15, -0.1) is 0 Å². The zero-order valence-corrected chi connectivity index (χ0v) is 11.0. The highest BCUT2D eigenvalue weighted by molar-refractivity contribution is 5.79. The quantitative estimate of drug-likeness (QED) is 0.877. The predicted molar refractivity (Wildman–Crippen MR) is 71.2 cm³/mol. The van der Waals surface area contributed by atoms with Gasteiger partial charge in [0.05, 0.1) is 6.42 Å². The number of rotatable bonds is 2. The Balaban J connectivity index is 1.57. The number of carbonyl (C=O) groups is 1. The Labute approximate surface area is 112 Å². The van der Waals surface area contributed by atoms with Crippen LogP contribution in [0.3, 0.4) is 0 Å². The maximum Gasteiger partial charge on any atom is 0.227 e. The lowest BCUT2D eigenvalue weighted by atomic mass is 9.74. The van der Waals surface area contributed by atoms with E-state index in [4.69, 9.17) is 0 Å². The van der Waals surface area contributed by atoms with E-state index in [-0.39, 0.29) is 18.1 Å². The minimum Gasteiger partial charge on any atom is -0.341 e. The number of amides is 1. The second kappa shape index (κ2) is 4.93. The molecule has 1 aromatic carbocycles. The molecule has 1 aromatic rings. The van der Waals surface area contributed by atoms with Gasteiger partial charge in [0.2, 0.25) is 5.91 Å². The van der Waals surface area contributed by atoms with E-state index in [1.807, 2.05) is 4.90 Å². The van der Waals surface area contributed by atoms with E-state index in [9.17, 15) is 9.18 Å². The molecular weight excluding hydrogens is 243 g/mol. The van der Waals surface area contributed by atoms with E-state index in [2.05, 4.69) is 5.32 Å². The Morgan fingerprint density at radius 1 is 1.37 bits per heavy atom. The lowest BCUT2D eigenvalue weighted by Gasteiger charge is -2.52. The number of likely N-dealkylation sites (tertiary alicyclic amines) is 1. The number of hydrogen-bond donors (Lipinski definition) is 1. The molecule has 3 rings (SSSR count). The van der Waals surface area contributed by atoms with E-state index >= 15 is 0 Å². The third-order valence-corrected chi connectivity index (χ3v) is 4.27. The molecule has 19 heavy (non-hydrogen) atoms. The number of carbonyl (C=O) groups excluding carboxylic acids is 1. The molecule has 0 radical (unpaired) electrons. The molecule has 1 N–H and O–H groups in total. The predicted octanol–water partition coefficient (Wildman–Crippen LogP) is 1.58. The Bertz CT molecular complexity index is 475. The topological polar surface area (TPSA) is 32.3 Å². The van der Waals surface area contributed by atoms with Crippen LogP contribution in [0.25, 0.3) is 0 Å². The molecule has 2 aliphatic rings. The largest absolute Gasteiger partial charge is 0.341 e. The van der Waals surface area contributed by atoms with Crippen LogP contribution >= 0.6 is 0 Å². The molecule has 0 aliphatic carbocycles. The SMILES string of the molecule is O=C(Cc1ccccc1F)N1CC2(CCCNC2)C1. The first-order valence-corrected chi connectivity index (χ1v) is 6.90. The lowest BCUT2D eigenvalue weighted by molar-refractivity contribution is -0.143. The van der Waals surface area contributed by atoms with Crippen LogP contribution in [0.2, 0.25) is 0 Å². The molecular formula is C15H19FN2O. The minimum atomic E-state index is -0.287. The van der Waals surface area contributed by atoms with Gasteiger partial charge in [0.1, 0.15) is 5.82 Å². The van der Waals surface area contributed by atoms with Gasteiger partial charge in [-0.3, -0.25) is 4.79 Å². The number of piperidine rings is 1. The van der Waals surface area contributed by atoms with Crippen LogP contribution < -0.4 is 5.32 Å². The van der Waals surface area contributed by atoms with Gasteiger partial charge >= 0.3 is 0 Å². The van der Waals surface area contributed by atoms with Crippen molar-refractivity contribution in [2.45, 2.75) is 19.3 Å².